The molecule has 1 amide bonds. The fourth-order valence-corrected chi connectivity index (χ4v) is 3.15. The third-order valence-corrected chi connectivity index (χ3v) is 4.38. The third kappa shape index (κ3) is 3.62. The van der Waals surface area contributed by atoms with Crippen molar-refractivity contribution in [2.24, 2.45) is 0 Å². The fraction of sp³-hybridized carbons (Fsp3) is 0.312. The lowest BCUT2D eigenvalue weighted by Gasteiger charge is -2.33. The molecule has 1 aliphatic heterocycles. The molecule has 0 bridgehead atoms. The number of nitrogens with zero attached hydrogens (tertiary/aromatic N) is 2. The summed E-state index contributed by atoms with van der Waals surface area (Å²) < 4.78 is 5.68. The molecule has 1 aromatic carbocycles. The van der Waals surface area contributed by atoms with E-state index in [9.17, 15) is 4.79 Å². The Morgan fingerprint density at radius 3 is 2.67 bits per heavy atom. The highest BCUT2D eigenvalue weighted by molar-refractivity contribution is 7.14. The Labute approximate surface area is 128 Å². The van der Waals surface area contributed by atoms with Crippen molar-refractivity contribution < 1.29 is 9.53 Å². The number of anilines is 1. The molecule has 1 fully saturated rings. The molecule has 4 nitrogen and oxygen atoms in total. The molecule has 0 radical (unpaired) electrons. The standard InChI is InChI=1S/C16H18N2O2S/c19-15-13-17(8-9-18(15)16-7-4-12-21-16)10-11-20-14-5-2-1-3-6-14/h1-7,12H,8-11,13H2. The zero-order valence-electron chi connectivity index (χ0n) is 11.8. The quantitative estimate of drug-likeness (QED) is 0.850. The summed E-state index contributed by atoms with van der Waals surface area (Å²) in [4.78, 5) is 16.2. The zero-order chi connectivity index (χ0) is 14.5. The minimum Gasteiger partial charge on any atom is -0.492 e. The second-order valence-corrected chi connectivity index (χ2v) is 5.86. The Balaban J connectivity index is 1.46. The summed E-state index contributed by atoms with van der Waals surface area (Å²) in [6, 6.07) is 13.7. The minimum absolute atomic E-state index is 0.170. The first-order valence-corrected chi connectivity index (χ1v) is 7.95. The van der Waals surface area contributed by atoms with Gasteiger partial charge in [-0.15, -0.1) is 11.3 Å². The van der Waals surface area contributed by atoms with Crippen molar-refractivity contribution in [1.82, 2.24) is 4.90 Å². The molecular formula is C16H18N2O2S. The van der Waals surface area contributed by atoms with E-state index >= 15 is 0 Å². The lowest BCUT2D eigenvalue weighted by atomic mass is 10.3. The predicted octanol–water partition coefficient (Wildman–Crippen LogP) is 2.48. The summed E-state index contributed by atoms with van der Waals surface area (Å²) in [5.74, 6) is 1.05. The van der Waals surface area contributed by atoms with Crippen molar-refractivity contribution in [1.29, 1.82) is 0 Å². The first-order valence-electron chi connectivity index (χ1n) is 7.07. The molecular weight excluding hydrogens is 284 g/mol. The van der Waals surface area contributed by atoms with Crippen LogP contribution in [0.25, 0.3) is 0 Å². The van der Waals surface area contributed by atoms with Crippen LogP contribution in [-0.2, 0) is 4.79 Å². The molecule has 1 saturated heterocycles. The summed E-state index contributed by atoms with van der Waals surface area (Å²) in [5, 5.41) is 3.04. The topological polar surface area (TPSA) is 32.8 Å². The van der Waals surface area contributed by atoms with Gasteiger partial charge >= 0.3 is 0 Å². The van der Waals surface area contributed by atoms with Crippen molar-refractivity contribution in [2.75, 3.05) is 37.7 Å². The summed E-state index contributed by atoms with van der Waals surface area (Å²) in [6.07, 6.45) is 0. The van der Waals surface area contributed by atoms with Gasteiger partial charge in [0.05, 0.1) is 11.5 Å². The predicted molar refractivity (Wildman–Crippen MR) is 85.0 cm³/mol. The molecule has 0 N–H and O–H groups in total. The van der Waals surface area contributed by atoms with Gasteiger partial charge in [0.1, 0.15) is 12.4 Å². The lowest BCUT2D eigenvalue weighted by Crippen LogP contribution is -2.51. The number of thiophene rings is 1. The highest BCUT2D eigenvalue weighted by atomic mass is 32.1. The highest BCUT2D eigenvalue weighted by Gasteiger charge is 2.25. The van der Waals surface area contributed by atoms with E-state index in [2.05, 4.69) is 4.90 Å². The number of hydrogen-bond donors (Lipinski definition) is 0. The first-order chi connectivity index (χ1) is 10.3. The number of amides is 1. The van der Waals surface area contributed by atoms with Crippen LogP contribution in [0.1, 0.15) is 0 Å². The maximum Gasteiger partial charge on any atom is 0.241 e. The number of piperazine rings is 1. The summed E-state index contributed by atoms with van der Waals surface area (Å²) in [5.41, 5.74) is 0. The molecule has 0 spiro atoms. The normalized spacial score (nSPS) is 16.2. The van der Waals surface area contributed by atoms with Gasteiger partial charge in [0.25, 0.3) is 0 Å². The van der Waals surface area contributed by atoms with E-state index in [1.54, 1.807) is 11.3 Å². The molecule has 2 aromatic rings. The Morgan fingerprint density at radius 2 is 1.95 bits per heavy atom. The Hall–Kier alpha value is -1.85. The molecule has 110 valence electrons. The largest absolute Gasteiger partial charge is 0.492 e. The smallest absolute Gasteiger partial charge is 0.241 e. The van der Waals surface area contributed by atoms with E-state index in [0.29, 0.717) is 13.2 Å². The molecule has 5 heteroatoms. The van der Waals surface area contributed by atoms with Crippen molar-refractivity contribution in [3.8, 4) is 5.75 Å². The van der Waals surface area contributed by atoms with E-state index in [1.807, 2.05) is 52.7 Å². The van der Waals surface area contributed by atoms with E-state index in [0.717, 1.165) is 30.4 Å². The molecule has 1 aromatic heterocycles. The van der Waals surface area contributed by atoms with Crippen molar-refractivity contribution in [2.45, 2.75) is 0 Å². The van der Waals surface area contributed by atoms with Gasteiger partial charge in [0.15, 0.2) is 0 Å². The molecule has 21 heavy (non-hydrogen) atoms. The van der Waals surface area contributed by atoms with Gasteiger partial charge in [-0.05, 0) is 29.6 Å². The van der Waals surface area contributed by atoms with E-state index in [-0.39, 0.29) is 5.91 Å². The van der Waals surface area contributed by atoms with Crippen LogP contribution in [0.5, 0.6) is 5.75 Å². The number of hydrogen-bond acceptors (Lipinski definition) is 4. The summed E-state index contributed by atoms with van der Waals surface area (Å²) in [7, 11) is 0. The highest BCUT2D eigenvalue weighted by Crippen LogP contribution is 2.23. The number of carbonyl (C=O) groups is 1. The number of carbonyl (C=O) groups excluding carboxylic acids is 1. The van der Waals surface area contributed by atoms with Crippen LogP contribution in [0.2, 0.25) is 0 Å². The summed E-state index contributed by atoms with van der Waals surface area (Å²) >= 11 is 1.61. The number of ether oxygens (including phenoxy) is 1. The van der Waals surface area contributed by atoms with Gasteiger partial charge in [0.2, 0.25) is 5.91 Å². The van der Waals surface area contributed by atoms with Crippen LogP contribution in [0, 0.1) is 0 Å². The van der Waals surface area contributed by atoms with Crippen LogP contribution >= 0.6 is 11.3 Å². The Kier molecular flexibility index (Phi) is 4.52. The minimum atomic E-state index is 0.170. The van der Waals surface area contributed by atoms with Crippen LogP contribution in [0.4, 0.5) is 5.00 Å². The molecule has 3 rings (SSSR count). The van der Waals surface area contributed by atoms with Crippen LogP contribution in [0.3, 0.4) is 0 Å². The maximum atomic E-state index is 12.2. The van der Waals surface area contributed by atoms with Crippen LogP contribution < -0.4 is 9.64 Å². The van der Waals surface area contributed by atoms with E-state index in [1.165, 1.54) is 0 Å². The number of benzene rings is 1. The number of rotatable bonds is 5. The van der Waals surface area contributed by atoms with Gasteiger partial charge in [0, 0.05) is 19.6 Å². The van der Waals surface area contributed by atoms with Gasteiger partial charge in [-0.25, -0.2) is 0 Å². The van der Waals surface area contributed by atoms with Crippen molar-refractivity contribution in [3.63, 3.8) is 0 Å². The van der Waals surface area contributed by atoms with Gasteiger partial charge < -0.3 is 9.64 Å². The molecule has 1 aliphatic rings. The van der Waals surface area contributed by atoms with Gasteiger partial charge in [-0.1, -0.05) is 18.2 Å². The number of para-hydroxylation sites is 1. The second-order valence-electron chi connectivity index (χ2n) is 4.93. The lowest BCUT2D eigenvalue weighted by molar-refractivity contribution is -0.121. The zero-order valence-corrected chi connectivity index (χ0v) is 12.6. The second kappa shape index (κ2) is 6.74. The molecule has 0 aliphatic carbocycles. The van der Waals surface area contributed by atoms with E-state index in [4.69, 9.17) is 4.74 Å². The van der Waals surface area contributed by atoms with Crippen LogP contribution in [0.15, 0.2) is 47.8 Å². The average Bonchev–Trinajstić information content (AvgIpc) is 3.02. The average molecular weight is 302 g/mol. The van der Waals surface area contributed by atoms with Gasteiger partial charge in [-0.3, -0.25) is 9.69 Å². The monoisotopic (exact) mass is 302 g/mol. The fourth-order valence-electron chi connectivity index (χ4n) is 2.38. The Morgan fingerprint density at radius 1 is 1.10 bits per heavy atom. The van der Waals surface area contributed by atoms with E-state index < -0.39 is 0 Å². The molecule has 2 heterocycles. The maximum absolute atomic E-state index is 12.2. The third-order valence-electron chi connectivity index (χ3n) is 3.49. The molecule has 0 atom stereocenters. The SMILES string of the molecule is O=C1CN(CCOc2ccccc2)CCN1c1cccs1. The van der Waals surface area contributed by atoms with Crippen molar-refractivity contribution in [3.05, 3.63) is 47.8 Å². The molecule has 0 saturated carbocycles. The first kappa shape index (κ1) is 14.1. The molecule has 0 unspecified atom stereocenters. The van der Waals surface area contributed by atoms with Crippen molar-refractivity contribution >= 4 is 22.2 Å². The Bertz CT molecular complexity index is 571. The summed E-state index contributed by atoms with van der Waals surface area (Å²) in [6.45, 7) is 3.50. The van der Waals surface area contributed by atoms with Crippen LogP contribution in [-0.4, -0.2) is 43.6 Å². The van der Waals surface area contributed by atoms with Gasteiger partial charge in [-0.2, -0.15) is 0 Å².